The predicted molar refractivity (Wildman–Crippen MR) is 150 cm³/mol. The molecule has 2 heterocycles. The van der Waals surface area contributed by atoms with E-state index in [9.17, 15) is 31.9 Å². The lowest BCUT2D eigenvalue weighted by Gasteiger charge is -2.38. The van der Waals surface area contributed by atoms with Gasteiger partial charge in [0.05, 0.1) is 23.0 Å². The van der Waals surface area contributed by atoms with E-state index in [1.807, 2.05) is 6.92 Å². The van der Waals surface area contributed by atoms with E-state index in [4.69, 9.17) is 11.6 Å². The lowest BCUT2D eigenvalue weighted by atomic mass is 9.94. The van der Waals surface area contributed by atoms with Gasteiger partial charge in [0, 0.05) is 56.3 Å². The van der Waals surface area contributed by atoms with Gasteiger partial charge in [0.2, 0.25) is 21.8 Å². The van der Waals surface area contributed by atoms with Crippen LogP contribution in [0.1, 0.15) is 31.7 Å². The molecule has 0 aliphatic carbocycles. The number of hydrogen-bond donors (Lipinski definition) is 3. The molecular formula is C28H35ClF2N4O5S. The van der Waals surface area contributed by atoms with E-state index in [1.54, 1.807) is 11.0 Å². The van der Waals surface area contributed by atoms with E-state index in [0.717, 1.165) is 31.0 Å². The number of sulfonamides is 1. The van der Waals surface area contributed by atoms with Crippen molar-refractivity contribution in [2.45, 2.75) is 55.7 Å². The first-order valence-corrected chi connectivity index (χ1v) is 15.5. The van der Waals surface area contributed by atoms with Gasteiger partial charge in [-0.05, 0) is 48.7 Å². The number of carbonyl (C=O) groups excluding carboxylic acids is 2. The van der Waals surface area contributed by atoms with Crippen molar-refractivity contribution in [3.8, 4) is 0 Å². The minimum atomic E-state index is -3.93. The van der Waals surface area contributed by atoms with E-state index in [0.29, 0.717) is 6.54 Å². The van der Waals surface area contributed by atoms with Gasteiger partial charge in [0.15, 0.2) is 0 Å². The molecule has 2 aromatic rings. The number of nitrogens with zero attached hydrogens (tertiary/aromatic N) is 2. The molecule has 9 nitrogen and oxygen atoms in total. The number of unbranched alkanes of at least 4 members (excludes halogenated alkanes) is 1. The van der Waals surface area contributed by atoms with Crippen LogP contribution in [0.15, 0.2) is 47.4 Å². The van der Waals surface area contributed by atoms with Gasteiger partial charge in [-0.1, -0.05) is 31.0 Å². The number of amides is 2. The number of hydrogen-bond acceptors (Lipinski definition) is 6. The molecule has 2 aromatic carbocycles. The first-order chi connectivity index (χ1) is 19.5. The Hall–Kier alpha value is -2.64. The second kappa shape index (κ2) is 13.6. The molecule has 2 fully saturated rings. The summed E-state index contributed by atoms with van der Waals surface area (Å²) >= 11 is 6.00. The molecule has 0 radical (unpaired) electrons. The van der Waals surface area contributed by atoms with Gasteiger partial charge in [-0.2, -0.15) is 4.31 Å². The fraction of sp³-hybridized carbons (Fsp3) is 0.500. The highest BCUT2D eigenvalue weighted by atomic mass is 35.5. The van der Waals surface area contributed by atoms with Crippen LogP contribution in [0.5, 0.6) is 0 Å². The number of nitrogens with one attached hydrogen (secondary N) is 2. The highest BCUT2D eigenvalue weighted by molar-refractivity contribution is 7.89. The molecule has 224 valence electrons. The lowest BCUT2D eigenvalue weighted by Crippen LogP contribution is -2.62. The second-order valence-corrected chi connectivity index (χ2v) is 12.9. The maximum Gasteiger partial charge on any atom is 0.243 e. The topological polar surface area (TPSA) is 119 Å². The number of piperazine rings is 1. The molecule has 2 aliphatic heterocycles. The van der Waals surface area contributed by atoms with Crippen molar-refractivity contribution in [1.29, 1.82) is 0 Å². The van der Waals surface area contributed by atoms with Crippen LogP contribution in [0, 0.1) is 17.6 Å². The van der Waals surface area contributed by atoms with Crippen molar-refractivity contribution in [2.24, 2.45) is 5.92 Å². The van der Waals surface area contributed by atoms with Gasteiger partial charge in [0.25, 0.3) is 0 Å². The third-order valence-corrected chi connectivity index (χ3v) is 9.60. The van der Waals surface area contributed by atoms with Gasteiger partial charge >= 0.3 is 0 Å². The number of likely N-dealkylation sites (tertiary alicyclic amines) is 1. The van der Waals surface area contributed by atoms with Crippen LogP contribution in [0.4, 0.5) is 8.78 Å². The fourth-order valence-electron chi connectivity index (χ4n) is 5.31. The first-order valence-electron chi connectivity index (χ1n) is 13.7. The largest absolute Gasteiger partial charge is 0.389 e. The Morgan fingerprint density at radius 1 is 1.20 bits per heavy atom. The summed E-state index contributed by atoms with van der Waals surface area (Å²) in [6.45, 7) is 3.05. The zero-order valence-corrected chi connectivity index (χ0v) is 24.3. The molecule has 2 saturated heterocycles. The summed E-state index contributed by atoms with van der Waals surface area (Å²) in [7, 11) is -3.93. The molecular weight excluding hydrogens is 578 g/mol. The minimum absolute atomic E-state index is 0.0127. The van der Waals surface area contributed by atoms with Crippen molar-refractivity contribution >= 4 is 33.4 Å². The van der Waals surface area contributed by atoms with Crippen molar-refractivity contribution < 1.29 is 31.9 Å². The standard InChI is InChI=1S/C28H35ClF2N4O5S/c1-2-3-8-34-16-19(13-26(34)36)28(38)33-24(12-18-10-21(30)15-22(31)11-18)27(37)25-17-35(9-7-32-25)41(39,40)23-6-4-5-20(29)14-23/h4-6,10-11,14-15,19,24-25,27,32,37H,2-3,7-9,12-13,16-17H2,1H3,(H,33,38)/t19?,24?,25-,27+/m1/s1. The van der Waals surface area contributed by atoms with Crippen molar-refractivity contribution in [3.05, 3.63) is 64.7 Å². The summed E-state index contributed by atoms with van der Waals surface area (Å²) < 4.78 is 55.8. The number of aliphatic hydroxyl groups excluding tert-OH is 1. The van der Waals surface area contributed by atoms with E-state index < -0.39 is 51.7 Å². The highest BCUT2D eigenvalue weighted by Gasteiger charge is 2.39. The van der Waals surface area contributed by atoms with Crippen molar-refractivity contribution in [2.75, 3.05) is 32.7 Å². The second-order valence-electron chi connectivity index (χ2n) is 10.6. The van der Waals surface area contributed by atoms with Gasteiger partial charge in [-0.15, -0.1) is 0 Å². The average Bonchev–Trinajstić information content (AvgIpc) is 3.31. The number of aliphatic hydroxyl groups is 1. The maximum absolute atomic E-state index is 14.0. The zero-order chi connectivity index (χ0) is 29.7. The summed E-state index contributed by atoms with van der Waals surface area (Å²) in [5.74, 6) is -2.84. The minimum Gasteiger partial charge on any atom is -0.389 e. The summed E-state index contributed by atoms with van der Waals surface area (Å²) in [6.07, 6.45) is 0.281. The van der Waals surface area contributed by atoms with E-state index in [-0.39, 0.29) is 60.4 Å². The average molecular weight is 613 g/mol. The molecule has 0 bridgehead atoms. The predicted octanol–water partition coefficient (Wildman–Crippen LogP) is 2.32. The normalized spacial score (nSPS) is 21.6. The molecule has 0 saturated carbocycles. The molecule has 0 spiro atoms. The third kappa shape index (κ3) is 7.81. The van der Waals surface area contributed by atoms with E-state index in [2.05, 4.69) is 10.6 Å². The molecule has 4 rings (SSSR count). The van der Waals surface area contributed by atoms with Gasteiger partial charge in [-0.3, -0.25) is 9.59 Å². The summed E-state index contributed by atoms with van der Waals surface area (Å²) in [5.41, 5.74) is 0.207. The maximum atomic E-state index is 14.0. The van der Waals surface area contributed by atoms with Crippen LogP contribution in [-0.4, -0.2) is 85.5 Å². The Kier molecular flexibility index (Phi) is 10.3. The fourth-order valence-corrected chi connectivity index (χ4v) is 7.08. The van der Waals surface area contributed by atoms with Crippen LogP contribution in [0.2, 0.25) is 5.02 Å². The van der Waals surface area contributed by atoms with Crippen LogP contribution in [0.25, 0.3) is 0 Å². The molecule has 2 aliphatic rings. The highest BCUT2D eigenvalue weighted by Crippen LogP contribution is 2.23. The molecule has 3 N–H and O–H groups in total. The summed E-state index contributed by atoms with van der Waals surface area (Å²) in [5, 5.41) is 17.6. The number of halogens is 3. The molecule has 2 amide bonds. The summed E-state index contributed by atoms with van der Waals surface area (Å²) in [6, 6.07) is 6.99. The lowest BCUT2D eigenvalue weighted by molar-refractivity contribution is -0.129. The number of benzene rings is 2. The van der Waals surface area contributed by atoms with Crippen LogP contribution in [-0.2, 0) is 26.0 Å². The van der Waals surface area contributed by atoms with Crippen LogP contribution in [0.3, 0.4) is 0 Å². The van der Waals surface area contributed by atoms with E-state index >= 15 is 0 Å². The Morgan fingerprint density at radius 3 is 2.61 bits per heavy atom. The summed E-state index contributed by atoms with van der Waals surface area (Å²) in [4.78, 5) is 27.4. The van der Waals surface area contributed by atoms with Crippen molar-refractivity contribution in [3.63, 3.8) is 0 Å². The molecule has 0 aromatic heterocycles. The van der Waals surface area contributed by atoms with Crippen LogP contribution < -0.4 is 10.6 Å². The quantitative estimate of drug-likeness (QED) is 0.358. The molecule has 4 atom stereocenters. The molecule has 41 heavy (non-hydrogen) atoms. The number of carbonyl (C=O) groups is 2. The van der Waals surface area contributed by atoms with Gasteiger partial charge in [-0.25, -0.2) is 17.2 Å². The first kappa shape index (κ1) is 31.3. The number of rotatable bonds is 11. The molecule has 2 unspecified atom stereocenters. The van der Waals surface area contributed by atoms with Crippen molar-refractivity contribution in [1.82, 2.24) is 19.8 Å². The monoisotopic (exact) mass is 612 g/mol. The Labute approximate surface area is 243 Å². The third-order valence-electron chi connectivity index (χ3n) is 7.50. The van der Waals surface area contributed by atoms with Crippen LogP contribution >= 0.6 is 11.6 Å². The Morgan fingerprint density at radius 2 is 1.93 bits per heavy atom. The van der Waals surface area contributed by atoms with E-state index in [1.165, 1.54) is 22.5 Å². The van der Waals surface area contributed by atoms with Gasteiger partial charge < -0.3 is 20.6 Å². The Balaban J connectivity index is 1.53. The Bertz CT molecular complexity index is 1340. The molecule has 13 heteroatoms. The SMILES string of the molecule is CCCCN1CC(C(=O)NC(Cc2cc(F)cc(F)c2)[C@H](O)[C@H]2CN(S(=O)(=O)c3cccc(Cl)c3)CCN2)CC1=O. The zero-order valence-electron chi connectivity index (χ0n) is 22.7. The smallest absolute Gasteiger partial charge is 0.243 e. The van der Waals surface area contributed by atoms with Gasteiger partial charge in [0.1, 0.15) is 11.6 Å².